The Morgan fingerprint density at radius 2 is 1.00 bits per heavy atom. The van der Waals surface area contributed by atoms with Crippen molar-refractivity contribution < 1.29 is 131 Å². The molecule has 548 valence electrons. The SMILES string of the molecule is CC[C@@H](C)C(=O)O[C@@H](C)[C@]1(O)CC[C@]2(O)[C@@H]3CC[C@H]4C[C@@H](O[C@H]5C[C@H](O)[C@H](O[C@H]6C[C@H](OC)[C@H](O[C@H]7C[C@@H](OC)[C@H](O[C@H]8C[C@@H](OC)[C@H](O[C@H]9C[C@@H](OC)[C@H](O[C@@H]%10O[C@H](CO)[C@@H](O)[C@H](O)[C@H]%10O)[C@@H](C)O9)[C@@H](C)O8)[C@@H](C)O7)[C@@H](C)O6)[C@@H](C)O5)CC[C@]4(C)[C@H]3C[C@@H](OC(C)=O)[C@]12C. The van der Waals surface area contributed by atoms with Gasteiger partial charge in [-0.05, 0) is 122 Å². The fourth-order valence-corrected chi connectivity index (χ4v) is 18.5. The standard InChI is InChI=1S/C68H114O27/c1-16-31(2)63(75)87-37(8)67(76)21-22-68(77)41-18-17-39-23-40(19-20-65(39,10)42(41)24-49(66(67,68)11)88-38(9)70)89-50-25-43(71)58(32(3)82-50)91-51-26-44(78-12)59(33(4)83-51)92-52-27-45(79-13)60(34(5)84-52)93-53-28-46(80-14)61(35(6)85-53)94-54-29-47(81-15)62(36(7)86-54)95-64-57(74)56(73)55(72)48(30-69)90-64/h31-37,39-62,64,69,71-74,76-77H,16-30H2,1-15H3/t31-,32-,33-,34-,35-,36-,37+,39+,40+,41-,42+,43+,44+,45-,46-,47-,48-,49-,50+,51+,52+,53+,54+,55-,56+,57-,58-,59-,60-,61-,62-,64+,65+,66-,67-,68+/m1/s1. The maximum absolute atomic E-state index is 13.1. The van der Waals surface area contributed by atoms with Crippen LogP contribution in [0.2, 0.25) is 0 Å². The molecule has 10 rings (SSSR count). The maximum atomic E-state index is 13.1. The first kappa shape index (κ1) is 75.7. The van der Waals surface area contributed by atoms with Gasteiger partial charge in [0.15, 0.2) is 37.7 Å². The minimum absolute atomic E-state index is 0.0141. The number of rotatable bonds is 22. The average Bonchev–Trinajstić information content (AvgIpc) is 1.59. The Bertz CT molecular complexity index is 2490. The van der Waals surface area contributed by atoms with Gasteiger partial charge in [0.25, 0.3) is 0 Å². The Morgan fingerprint density at radius 3 is 1.45 bits per heavy atom. The van der Waals surface area contributed by atoms with Crippen molar-refractivity contribution in [2.75, 3.05) is 35.0 Å². The Hall–Kier alpha value is -1.98. The van der Waals surface area contributed by atoms with Gasteiger partial charge in [0, 0.05) is 67.5 Å². The van der Waals surface area contributed by atoms with Crippen molar-refractivity contribution >= 4 is 11.9 Å². The molecule has 10 fully saturated rings. The van der Waals surface area contributed by atoms with Crippen LogP contribution in [0.25, 0.3) is 0 Å². The molecule has 7 N–H and O–H groups in total. The molecule has 36 atom stereocenters. The van der Waals surface area contributed by atoms with Crippen LogP contribution in [-0.4, -0.2) is 266 Å². The van der Waals surface area contributed by atoms with Gasteiger partial charge in [0.1, 0.15) is 72.7 Å². The van der Waals surface area contributed by atoms with Gasteiger partial charge in [-0.3, -0.25) is 9.59 Å². The van der Waals surface area contributed by atoms with Gasteiger partial charge in [-0.1, -0.05) is 27.7 Å². The molecule has 6 saturated heterocycles. The number of ether oxygens (including phenoxy) is 18. The van der Waals surface area contributed by atoms with Crippen LogP contribution in [0.15, 0.2) is 0 Å². The molecule has 95 heavy (non-hydrogen) atoms. The van der Waals surface area contributed by atoms with Gasteiger partial charge in [-0.25, -0.2) is 0 Å². The van der Waals surface area contributed by atoms with Crippen LogP contribution in [0.1, 0.15) is 166 Å². The van der Waals surface area contributed by atoms with Crippen LogP contribution >= 0.6 is 0 Å². The Balaban J connectivity index is 0.678. The van der Waals surface area contributed by atoms with Gasteiger partial charge < -0.3 is 121 Å². The van der Waals surface area contributed by atoms with Crippen molar-refractivity contribution in [3.63, 3.8) is 0 Å². The van der Waals surface area contributed by atoms with Crippen molar-refractivity contribution in [1.82, 2.24) is 0 Å². The third kappa shape index (κ3) is 14.9. The summed E-state index contributed by atoms with van der Waals surface area (Å²) in [6.07, 6.45) is -15.1. The van der Waals surface area contributed by atoms with Gasteiger partial charge >= 0.3 is 11.9 Å². The largest absolute Gasteiger partial charge is 0.462 e. The number of hydrogen-bond donors (Lipinski definition) is 7. The van der Waals surface area contributed by atoms with Gasteiger partial charge in [-0.15, -0.1) is 0 Å². The first-order chi connectivity index (χ1) is 45.0. The van der Waals surface area contributed by atoms with Crippen LogP contribution in [0.5, 0.6) is 0 Å². The number of methoxy groups -OCH3 is 4. The van der Waals surface area contributed by atoms with Crippen LogP contribution in [-0.2, 0) is 94.9 Å². The summed E-state index contributed by atoms with van der Waals surface area (Å²) in [4.78, 5) is 25.9. The predicted molar refractivity (Wildman–Crippen MR) is 331 cm³/mol. The minimum Gasteiger partial charge on any atom is -0.462 e. The van der Waals surface area contributed by atoms with E-state index in [-0.39, 0.29) is 60.9 Å². The molecule has 10 aliphatic rings. The monoisotopic (exact) mass is 1360 g/mol. The third-order valence-corrected chi connectivity index (χ3v) is 24.4. The molecular formula is C68H114O27. The second kappa shape index (κ2) is 30.9. The lowest BCUT2D eigenvalue weighted by molar-refractivity contribution is -0.359. The highest BCUT2D eigenvalue weighted by atomic mass is 16.8. The van der Waals surface area contributed by atoms with Crippen LogP contribution in [0.4, 0.5) is 0 Å². The smallest absolute Gasteiger partial charge is 0.309 e. The molecule has 27 nitrogen and oxygen atoms in total. The van der Waals surface area contributed by atoms with E-state index in [2.05, 4.69) is 6.92 Å². The molecule has 0 aromatic heterocycles. The molecule has 0 radical (unpaired) electrons. The summed E-state index contributed by atoms with van der Waals surface area (Å²) >= 11 is 0. The molecule has 0 spiro atoms. The molecule has 0 bridgehead atoms. The summed E-state index contributed by atoms with van der Waals surface area (Å²) in [5.74, 6) is -1.21. The summed E-state index contributed by atoms with van der Waals surface area (Å²) in [5.41, 5.74) is -4.55. The first-order valence-corrected chi connectivity index (χ1v) is 35.1. The van der Waals surface area contributed by atoms with E-state index < -0.39 is 201 Å². The molecule has 4 saturated carbocycles. The van der Waals surface area contributed by atoms with E-state index in [0.29, 0.717) is 38.5 Å². The molecular weight excluding hydrogens is 1250 g/mol. The van der Waals surface area contributed by atoms with Crippen molar-refractivity contribution in [3.05, 3.63) is 0 Å². The molecule has 4 aliphatic carbocycles. The summed E-state index contributed by atoms with van der Waals surface area (Å²) < 4.78 is 113. The van der Waals surface area contributed by atoms with E-state index >= 15 is 0 Å². The first-order valence-electron chi connectivity index (χ1n) is 35.1. The van der Waals surface area contributed by atoms with Gasteiger partial charge in [-0.2, -0.15) is 0 Å². The van der Waals surface area contributed by atoms with Crippen molar-refractivity contribution in [1.29, 1.82) is 0 Å². The van der Waals surface area contributed by atoms with Crippen molar-refractivity contribution in [2.24, 2.45) is 34.5 Å². The highest BCUT2D eigenvalue weighted by Crippen LogP contribution is 2.71. The van der Waals surface area contributed by atoms with Crippen LogP contribution < -0.4 is 0 Å². The lowest BCUT2D eigenvalue weighted by atomic mass is 9.42. The average molecular weight is 1360 g/mol. The normalized spacial score (nSPS) is 50.9. The molecule has 27 heteroatoms. The zero-order valence-corrected chi connectivity index (χ0v) is 58.4. The van der Waals surface area contributed by atoms with E-state index in [1.54, 1.807) is 42.1 Å². The van der Waals surface area contributed by atoms with E-state index in [1.165, 1.54) is 14.0 Å². The molecule has 0 aromatic rings. The quantitative estimate of drug-likeness (QED) is 0.0601. The highest BCUT2D eigenvalue weighted by Gasteiger charge is 2.77. The lowest BCUT2D eigenvalue weighted by Crippen LogP contribution is -2.72. The third-order valence-electron chi connectivity index (χ3n) is 24.4. The Kier molecular flexibility index (Phi) is 24.6. The Morgan fingerprint density at radius 1 is 0.537 bits per heavy atom. The highest BCUT2D eigenvalue weighted by molar-refractivity contribution is 5.72. The summed E-state index contributed by atoms with van der Waals surface area (Å²) in [7, 11) is 6.33. The van der Waals surface area contributed by atoms with Crippen LogP contribution in [0.3, 0.4) is 0 Å². The van der Waals surface area contributed by atoms with E-state index in [0.717, 1.165) is 25.7 Å². The molecule has 6 heterocycles. The minimum atomic E-state index is -1.64. The number of carbonyl (C=O) groups is 2. The molecule has 0 aromatic carbocycles. The fourth-order valence-electron chi connectivity index (χ4n) is 18.5. The second-order valence-electron chi connectivity index (χ2n) is 29.7. The summed E-state index contributed by atoms with van der Waals surface area (Å²) in [6, 6.07) is 0. The number of aliphatic hydroxyl groups is 7. The fraction of sp³-hybridized carbons (Fsp3) is 0.971. The topological polar surface area (TPSA) is 342 Å². The van der Waals surface area contributed by atoms with Gasteiger partial charge in [0.2, 0.25) is 0 Å². The zero-order valence-electron chi connectivity index (χ0n) is 58.4. The number of carbonyl (C=O) groups excluding carboxylic acids is 2. The second-order valence-corrected chi connectivity index (χ2v) is 29.7. The van der Waals surface area contributed by atoms with Gasteiger partial charge in [0.05, 0.1) is 90.7 Å². The molecule has 0 unspecified atom stereocenters. The summed E-state index contributed by atoms with van der Waals surface area (Å²) in [5, 5.41) is 78.5. The lowest BCUT2D eigenvalue weighted by Gasteiger charge is -2.66. The Labute approximate surface area is 559 Å². The number of aliphatic hydroxyl groups excluding tert-OH is 5. The molecule has 0 amide bonds. The van der Waals surface area contributed by atoms with Crippen molar-refractivity contribution in [3.8, 4) is 0 Å². The molecule has 6 aliphatic heterocycles. The number of hydrogen-bond acceptors (Lipinski definition) is 27. The van der Waals surface area contributed by atoms with E-state index in [9.17, 15) is 45.3 Å². The van der Waals surface area contributed by atoms with E-state index in [1.807, 2.05) is 41.5 Å². The zero-order chi connectivity index (χ0) is 69.0. The number of fused-ring (bicyclic) bond motifs is 5. The maximum Gasteiger partial charge on any atom is 0.309 e. The van der Waals surface area contributed by atoms with Crippen LogP contribution in [0, 0.1) is 34.5 Å². The van der Waals surface area contributed by atoms with E-state index in [4.69, 9.17) is 85.3 Å². The summed E-state index contributed by atoms with van der Waals surface area (Å²) in [6.45, 7) is 19.6. The van der Waals surface area contributed by atoms with Crippen molar-refractivity contribution in [2.45, 2.75) is 349 Å². The predicted octanol–water partition coefficient (Wildman–Crippen LogP) is 3.60. The number of esters is 2.